The summed E-state index contributed by atoms with van der Waals surface area (Å²) in [5, 5.41) is 0. The Morgan fingerprint density at radius 2 is 1.65 bits per heavy atom. The monoisotopic (exact) mass is 339 g/mol. The minimum Gasteiger partial charge on any atom is -0.377 e. The van der Waals surface area contributed by atoms with Crippen LogP contribution in [-0.4, -0.2) is 61.3 Å². The first-order valence-electron chi connectivity index (χ1n) is 7.97. The summed E-state index contributed by atoms with van der Waals surface area (Å²) in [4.78, 5) is 0. The van der Waals surface area contributed by atoms with Gasteiger partial charge in [0.1, 0.15) is 0 Å². The summed E-state index contributed by atoms with van der Waals surface area (Å²) >= 11 is 0. The third-order valence-corrected chi connectivity index (χ3v) is 6.98. The predicted molar refractivity (Wildman–Crippen MR) is 96.7 cm³/mol. The highest BCUT2D eigenvalue weighted by Crippen LogP contribution is 2.18. The molecule has 1 aromatic carbocycles. The van der Waals surface area contributed by atoms with E-state index in [9.17, 15) is 0 Å². The standard InChI is InChI=1S/C17H31N2O3Si/c1-19(15-12-18,14-11-17-9-6-5-7-10-17)13-8-16-23(20-2,21-3)22-4/h5-7,9-11,14H,8,12-13,15-16,18H2,1-4H3/q+1. The van der Waals surface area contributed by atoms with Crippen LogP contribution in [0, 0.1) is 0 Å². The summed E-state index contributed by atoms with van der Waals surface area (Å²) in [7, 11) is 4.67. The summed E-state index contributed by atoms with van der Waals surface area (Å²) in [5.41, 5.74) is 7.00. The minimum atomic E-state index is -2.49. The Morgan fingerprint density at radius 1 is 1.04 bits per heavy atom. The van der Waals surface area contributed by atoms with E-state index in [1.165, 1.54) is 5.56 Å². The lowest BCUT2D eigenvalue weighted by Crippen LogP contribution is -2.46. The van der Waals surface area contributed by atoms with Crippen molar-refractivity contribution in [1.82, 2.24) is 0 Å². The fourth-order valence-corrected chi connectivity index (χ4v) is 4.30. The lowest BCUT2D eigenvalue weighted by Gasteiger charge is -2.31. The molecule has 0 aliphatic heterocycles. The molecule has 0 aliphatic rings. The van der Waals surface area contributed by atoms with Crippen LogP contribution in [0.3, 0.4) is 0 Å². The normalized spacial score (nSPS) is 15.0. The van der Waals surface area contributed by atoms with Gasteiger partial charge < -0.3 is 19.0 Å². The van der Waals surface area contributed by atoms with Gasteiger partial charge in [-0.15, -0.1) is 0 Å². The van der Waals surface area contributed by atoms with Gasteiger partial charge in [0.25, 0.3) is 0 Å². The van der Waals surface area contributed by atoms with Gasteiger partial charge in [0.15, 0.2) is 0 Å². The van der Waals surface area contributed by atoms with Gasteiger partial charge in [0.2, 0.25) is 0 Å². The van der Waals surface area contributed by atoms with Gasteiger partial charge in [-0.3, -0.25) is 4.48 Å². The highest BCUT2D eigenvalue weighted by molar-refractivity contribution is 6.60. The second-order valence-electron chi connectivity index (χ2n) is 5.84. The zero-order valence-corrected chi connectivity index (χ0v) is 15.8. The maximum absolute atomic E-state index is 5.80. The van der Waals surface area contributed by atoms with Crippen LogP contribution >= 0.6 is 0 Å². The molecule has 1 unspecified atom stereocenters. The lowest BCUT2D eigenvalue weighted by atomic mass is 10.2. The van der Waals surface area contributed by atoms with Crippen molar-refractivity contribution in [3.8, 4) is 0 Å². The van der Waals surface area contributed by atoms with Crippen LogP contribution in [0.1, 0.15) is 12.0 Å². The molecule has 6 heteroatoms. The Morgan fingerprint density at radius 3 is 2.17 bits per heavy atom. The molecule has 0 bridgehead atoms. The average Bonchev–Trinajstić information content (AvgIpc) is 2.59. The Hall–Kier alpha value is -1.02. The van der Waals surface area contributed by atoms with Gasteiger partial charge in [-0.2, -0.15) is 0 Å². The van der Waals surface area contributed by atoms with E-state index in [0.717, 1.165) is 30.0 Å². The van der Waals surface area contributed by atoms with Crippen molar-refractivity contribution in [1.29, 1.82) is 0 Å². The molecule has 23 heavy (non-hydrogen) atoms. The fourth-order valence-electron chi connectivity index (χ4n) is 2.60. The third kappa shape index (κ3) is 6.54. The van der Waals surface area contributed by atoms with E-state index in [-0.39, 0.29) is 0 Å². The molecule has 1 aromatic rings. The number of benzene rings is 1. The largest absolute Gasteiger partial charge is 0.500 e. The molecule has 0 heterocycles. The van der Waals surface area contributed by atoms with Gasteiger partial charge in [-0.1, -0.05) is 30.3 Å². The molecule has 130 valence electrons. The SMILES string of the molecule is CO[Si](CCC[N+](C)(C=Cc1ccccc1)CCN)(OC)OC. The van der Waals surface area contributed by atoms with Gasteiger partial charge in [-0.05, 0) is 11.6 Å². The molecule has 0 radical (unpaired) electrons. The number of likely N-dealkylation sites (N-methyl/N-ethyl adjacent to an activating group) is 1. The number of nitrogens with zero attached hydrogens (tertiary/aromatic N) is 1. The van der Waals surface area contributed by atoms with Crippen molar-refractivity contribution in [2.75, 3.05) is 48.0 Å². The minimum absolute atomic E-state index is 0.650. The molecular formula is C17H31N2O3Si+. The first kappa shape index (κ1) is 20.0. The molecule has 1 rings (SSSR count). The van der Waals surface area contributed by atoms with Crippen LogP contribution in [0.2, 0.25) is 6.04 Å². The molecular weight excluding hydrogens is 308 g/mol. The topological polar surface area (TPSA) is 53.7 Å². The van der Waals surface area contributed by atoms with Crippen molar-refractivity contribution in [3.05, 3.63) is 42.1 Å². The van der Waals surface area contributed by atoms with Gasteiger partial charge in [-0.25, -0.2) is 0 Å². The maximum Gasteiger partial charge on any atom is 0.500 e. The van der Waals surface area contributed by atoms with Crippen LogP contribution in [-0.2, 0) is 13.3 Å². The number of rotatable bonds is 11. The van der Waals surface area contributed by atoms with Gasteiger partial charge in [0, 0.05) is 40.3 Å². The van der Waals surface area contributed by atoms with E-state index < -0.39 is 8.80 Å². The molecule has 1 atom stereocenters. The second kappa shape index (κ2) is 9.97. The molecule has 2 N–H and O–H groups in total. The van der Waals surface area contributed by atoms with Crippen LogP contribution in [0.4, 0.5) is 0 Å². The van der Waals surface area contributed by atoms with Crippen molar-refractivity contribution in [3.63, 3.8) is 0 Å². The van der Waals surface area contributed by atoms with Crippen LogP contribution in [0.15, 0.2) is 36.5 Å². The Balaban J connectivity index is 2.68. The van der Waals surface area contributed by atoms with E-state index in [4.69, 9.17) is 19.0 Å². The molecule has 5 nitrogen and oxygen atoms in total. The van der Waals surface area contributed by atoms with Crippen LogP contribution in [0.5, 0.6) is 0 Å². The van der Waals surface area contributed by atoms with E-state index in [0.29, 0.717) is 6.54 Å². The van der Waals surface area contributed by atoms with Crippen LogP contribution < -0.4 is 5.73 Å². The smallest absolute Gasteiger partial charge is 0.377 e. The summed E-state index contributed by atoms with van der Waals surface area (Å²) in [6.45, 7) is 2.51. The molecule has 0 saturated carbocycles. The quantitative estimate of drug-likeness (QED) is 0.497. The Kier molecular flexibility index (Phi) is 8.68. The first-order chi connectivity index (χ1) is 11.0. The molecule has 0 spiro atoms. The van der Waals surface area contributed by atoms with E-state index in [1.807, 2.05) is 18.2 Å². The lowest BCUT2D eigenvalue weighted by molar-refractivity contribution is -0.857. The summed E-state index contributed by atoms with van der Waals surface area (Å²) in [6.07, 6.45) is 5.33. The van der Waals surface area contributed by atoms with E-state index in [1.54, 1.807) is 21.3 Å². The summed E-state index contributed by atoms with van der Waals surface area (Å²) in [5.74, 6) is 0. The fraction of sp³-hybridized carbons (Fsp3) is 0.529. The molecule has 0 saturated heterocycles. The highest BCUT2D eigenvalue weighted by Gasteiger charge is 2.37. The third-order valence-electron chi connectivity index (χ3n) is 4.15. The number of hydrogen-bond donors (Lipinski definition) is 1. The van der Waals surface area contributed by atoms with Crippen molar-refractivity contribution >= 4 is 14.9 Å². The first-order valence-corrected chi connectivity index (χ1v) is 9.90. The van der Waals surface area contributed by atoms with E-state index >= 15 is 0 Å². The van der Waals surface area contributed by atoms with E-state index in [2.05, 4.69) is 31.5 Å². The van der Waals surface area contributed by atoms with Crippen molar-refractivity contribution < 1.29 is 17.8 Å². The predicted octanol–water partition coefficient (Wildman–Crippen LogP) is 2.33. The average molecular weight is 340 g/mol. The zero-order valence-electron chi connectivity index (χ0n) is 14.8. The second-order valence-corrected chi connectivity index (χ2v) is 8.93. The Labute approximate surface area is 141 Å². The number of nitrogens with two attached hydrogens (primary N) is 1. The molecule has 0 fully saturated rings. The molecule has 0 aliphatic carbocycles. The molecule has 0 aromatic heterocycles. The van der Waals surface area contributed by atoms with Crippen LogP contribution in [0.25, 0.3) is 6.08 Å². The van der Waals surface area contributed by atoms with Crippen molar-refractivity contribution in [2.45, 2.75) is 12.5 Å². The molecule has 0 amide bonds. The van der Waals surface area contributed by atoms with Gasteiger partial charge in [0.05, 0.1) is 26.3 Å². The Bertz CT molecular complexity index is 458. The van der Waals surface area contributed by atoms with Gasteiger partial charge >= 0.3 is 8.80 Å². The van der Waals surface area contributed by atoms with Crippen molar-refractivity contribution in [2.24, 2.45) is 5.73 Å². The number of quaternary nitrogens is 1. The zero-order chi connectivity index (χ0) is 17.2. The summed E-state index contributed by atoms with van der Waals surface area (Å²) < 4.78 is 17.2. The summed E-state index contributed by atoms with van der Waals surface area (Å²) in [6, 6.07) is 11.1. The highest BCUT2D eigenvalue weighted by atomic mass is 28.4. The number of hydrogen-bond acceptors (Lipinski definition) is 4. The maximum atomic E-state index is 5.80.